The van der Waals surface area contributed by atoms with E-state index >= 15 is 0 Å². The van der Waals surface area contributed by atoms with Crippen molar-refractivity contribution < 1.29 is 28.6 Å². The molecule has 0 aliphatic carbocycles. The fraction of sp³-hybridized carbons (Fsp3) is 0.567. The molecule has 408 valence electrons. The molecule has 0 aliphatic rings. The zero-order valence-corrected chi connectivity index (χ0v) is 46.6. The van der Waals surface area contributed by atoms with Crippen LogP contribution in [0.3, 0.4) is 0 Å². The summed E-state index contributed by atoms with van der Waals surface area (Å²) in [6, 6.07) is 0. The average Bonchev–Trinajstić information content (AvgIpc) is 3.39. The van der Waals surface area contributed by atoms with Gasteiger partial charge < -0.3 is 14.2 Å². The van der Waals surface area contributed by atoms with Crippen LogP contribution in [0, 0.1) is 0 Å². The standard InChI is InChI=1S/C67H104O6/c1-4-7-10-13-16-19-22-25-28-31-33-36-39-42-45-48-51-54-57-60-66(69)72-63-64(62-71-65(68)59-56-53-50-47-44-41-38-35-30-27-24-21-18-15-12-9-6-3)73-67(70)61-58-55-52-49-46-43-40-37-34-32-29-26-23-20-17-14-11-8-5-2/h7-8,10-11,16-17,19-20,25-30,33-34,36-37,42-43,45-46,51-52,54-55,64H,4-6,9,12-15,18,21-24,31-32,35,38-41,44,47-50,53,56-63H2,1-3H3/b10-7-,11-8-,19-16-,20-17-,28-25-,29-26-,30-27-,36-33-,37-34-,45-42-,46-43-,54-51-,55-52-/t64-/m1/s1. The minimum absolute atomic E-state index is 0.141. The van der Waals surface area contributed by atoms with Crippen molar-refractivity contribution in [3.8, 4) is 0 Å². The van der Waals surface area contributed by atoms with Crippen molar-refractivity contribution in [3.63, 3.8) is 0 Å². The fourth-order valence-electron chi connectivity index (χ4n) is 7.25. The largest absolute Gasteiger partial charge is 0.462 e. The van der Waals surface area contributed by atoms with Crippen LogP contribution in [-0.2, 0) is 28.6 Å². The van der Waals surface area contributed by atoms with Crippen molar-refractivity contribution in [3.05, 3.63) is 158 Å². The maximum absolute atomic E-state index is 12.8. The highest BCUT2D eigenvalue weighted by Crippen LogP contribution is 2.13. The van der Waals surface area contributed by atoms with E-state index in [1.165, 1.54) is 77.0 Å². The Morgan fingerprint density at radius 1 is 0.288 bits per heavy atom. The van der Waals surface area contributed by atoms with Gasteiger partial charge in [-0.05, 0) is 122 Å². The topological polar surface area (TPSA) is 78.9 Å². The van der Waals surface area contributed by atoms with Gasteiger partial charge in [0, 0.05) is 19.3 Å². The summed E-state index contributed by atoms with van der Waals surface area (Å²) in [6.07, 6.45) is 86.8. The van der Waals surface area contributed by atoms with Crippen molar-refractivity contribution in [1.82, 2.24) is 0 Å². The molecule has 0 amide bonds. The first kappa shape index (κ1) is 68.0. The maximum Gasteiger partial charge on any atom is 0.306 e. The van der Waals surface area contributed by atoms with E-state index in [2.05, 4.69) is 154 Å². The Hall–Kier alpha value is -4.97. The number of hydrogen-bond acceptors (Lipinski definition) is 6. The van der Waals surface area contributed by atoms with Crippen molar-refractivity contribution in [2.45, 2.75) is 232 Å². The normalized spacial score (nSPS) is 13.3. The average molecular weight is 1010 g/mol. The van der Waals surface area contributed by atoms with E-state index in [-0.39, 0.29) is 38.0 Å². The second kappa shape index (κ2) is 59.6. The summed E-state index contributed by atoms with van der Waals surface area (Å²) in [5.74, 6) is -1.13. The first-order chi connectivity index (χ1) is 36.0. The zero-order valence-electron chi connectivity index (χ0n) is 46.6. The lowest BCUT2D eigenvalue weighted by Gasteiger charge is -2.18. The molecule has 0 bridgehead atoms. The van der Waals surface area contributed by atoms with Crippen LogP contribution in [0.2, 0.25) is 0 Å². The molecule has 0 heterocycles. The molecule has 6 nitrogen and oxygen atoms in total. The minimum Gasteiger partial charge on any atom is -0.462 e. The van der Waals surface area contributed by atoms with Crippen LogP contribution in [0.5, 0.6) is 0 Å². The first-order valence-electron chi connectivity index (χ1n) is 29.0. The monoisotopic (exact) mass is 1000 g/mol. The van der Waals surface area contributed by atoms with E-state index in [1.807, 2.05) is 24.3 Å². The molecule has 0 saturated heterocycles. The molecular weight excluding hydrogens is 901 g/mol. The quantitative estimate of drug-likeness (QED) is 0.0261. The number of rotatable bonds is 50. The Labute approximate surface area is 448 Å². The Kier molecular flexibility index (Phi) is 55.5. The zero-order chi connectivity index (χ0) is 52.9. The van der Waals surface area contributed by atoms with Gasteiger partial charge in [0.15, 0.2) is 6.10 Å². The molecule has 0 saturated carbocycles. The molecular formula is C67H104O6. The van der Waals surface area contributed by atoms with Crippen molar-refractivity contribution in [2.75, 3.05) is 13.2 Å². The number of ether oxygens (including phenoxy) is 3. The van der Waals surface area contributed by atoms with Gasteiger partial charge in [-0.15, -0.1) is 0 Å². The minimum atomic E-state index is -0.859. The molecule has 0 fully saturated rings. The predicted molar refractivity (Wildman–Crippen MR) is 315 cm³/mol. The second-order valence-corrected chi connectivity index (χ2v) is 18.4. The molecule has 0 aliphatic heterocycles. The van der Waals surface area contributed by atoms with E-state index in [4.69, 9.17) is 14.2 Å². The molecule has 0 N–H and O–H groups in total. The Bertz CT molecular complexity index is 1670. The molecule has 0 unspecified atom stereocenters. The summed E-state index contributed by atoms with van der Waals surface area (Å²) >= 11 is 0. The van der Waals surface area contributed by atoms with Crippen LogP contribution in [0.1, 0.15) is 226 Å². The number of hydrogen-bond donors (Lipinski definition) is 0. The Balaban J connectivity index is 4.65. The third kappa shape index (κ3) is 57.8. The van der Waals surface area contributed by atoms with Crippen LogP contribution in [0.15, 0.2) is 158 Å². The lowest BCUT2D eigenvalue weighted by atomic mass is 10.1. The molecule has 0 aromatic heterocycles. The molecule has 73 heavy (non-hydrogen) atoms. The molecule has 6 heteroatoms. The summed E-state index contributed by atoms with van der Waals surface area (Å²) in [6.45, 7) is 6.26. The molecule has 0 spiro atoms. The van der Waals surface area contributed by atoms with Crippen LogP contribution < -0.4 is 0 Å². The smallest absolute Gasteiger partial charge is 0.306 e. The lowest BCUT2D eigenvalue weighted by molar-refractivity contribution is -0.166. The van der Waals surface area contributed by atoms with Crippen molar-refractivity contribution >= 4 is 17.9 Å². The van der Waals surface area contributed by atoms with Gasteiger partial charge in [0.05, 0.1) is 0 Å². The van der Waals surface area contributed by atoms with Gasteiger partial charge in [-0.3, -0.25) is 14.4 Å². The fourth-order valence-corrected chi connectivity index (χ4v) is 7.25. The number of carbonyl (C=O) groups excluding carboxylic acids is 3. The van der Waals surface area contributed by atoms with Crippen molar-refractivity contribution in [1.29, 1.82) is 0 Å². The molecule has 0 aromatic rings. The Morgan fingerprint density at radius 3 is 0.918 bits per heavy atom. The van der Waals surface area contributed by atoms with Gasteiger partial charge in [-0.25, -0.2) is 0 Å². The van der Waals surface area contributed by atoms with Gasteiger partial charge in [-0.2, -0.15) is 0 Å². The van der Waals surface area contributed by atoms with Crippen LogP contribution in [0.25, 0.3) is 0 Å². The highest BCUT2D eigenvalue weighted by molar-refractivity contribution is 5.71. The van der Waals surface area contributed by atoms with Crippen LogP contribution >= 0.6 is 0 Å². The predicted octanol–water partition coefficient (Wildman–Crippen LogP) is 19.8. The van der Waals surface area contributed by atoms with Gasteiger partial charge in [-0.1, -0.05) is 243 Å². The summed E-state index contributed by atoms with van der Waals surface area (Å²) in [4.78, 5) is 38.1. The van der Waals surface area contributed by atoms with Crippen LogP contribution in [-0.4, -0.2) is 37.2 Å². The van der Waals surface area contributed by atoms with Gasteiger partial charge in [0.2, 0.25) is 0 Å². The first-order valence-corrected chi connectivity index (χ1v) is 29.0. The summed E-state index contributed by atoms with van der Waals surface area (Å²) in [5, 5.41) is 0. The number of unbranched alkanes of at least 4 members (excludes halogenated alkanes) is 13. The Morgan fingerprint density at radius 2 is 0.562 bits per heavy atom. The molecule has 0 rings (SSSR count). The number of allylic oxidation sites excluding steroid dienone is 26. The SMILES string of the molecule is CC/C=C\C/C=C\C/C=C\C/C=C\C/C=C\C/C=C\CCC(=O)OC[C@@H](COC(=O)CCCCCCCCC/C=C\CCCCCCCC)OC(=O)CC/C=C\C/C=C\C/C=C\C/C=C\C/C=C\C/C=C\CC. The highest BCUT2D eigenvalue weighted by Gasteiger charge is 2.19. The molecule has 0 radical (unpaired) electrons. The van der Waals surface area contributed by atoms with E-state index in [1.54, 1.807) is 0 Å². The van der Waals surface area contributed by atoms with Gasteiger partial charge >= 0.3 is 17.9 Å². The number of carbonyl (C=O) groups is 3. The summed E-state index contributed by atoms with van der Waals surface area (Å²) < 4.78 is 16.7. The van der Waals surface area contributed by atoms with Gasteiger partial charge in [0.25, 0.3) is 0 Å². The lowest BCUT2D eigenvalue weighted by Crippen LogP contribution is -2.30. The number of esters is 3. The van der Waals surface area contributed by atoms with Crippen LogP contribution in [0.4, 0.5) is 0 Å². The summed E-state index contributed by atoms with van der Waals surface area (Å²) in [5.41, 5.74) is 0. The maximum atomic E-state index is 12.8. The van der Waals surface area contributed by atoms with E-state index in [9.17, 15) is 14.4 Å². The third-order valence-electron chi connectivity index (χ3n) is 11.5. The summed E-state index contributed by atoms with van der Waals surface area (Å²) in [7, 11) is 0. The van der Waals surface area contributed by atoms with E-state index in [0.717, 1.165) is 96.3 Å². The second-order valence-electron chi connectivity index (χ2n) is 18.4. The van der Waals surface area contributed by atoms with Gasteiger partial charge in [0.1, 0.15) is 13.2 Å². The third-order valence-corrected chi connectivity index (χ3v) is 11.5. The highest BCUT2D eigenvalue weighted by atomic mass is 16.6. The molecule has 1 atom stereocenters. The molecule has 0 aromatic carbocycles. The van der Waals surface area contributed by atoms with E-state index < -0.39 is 12.1 Å². The van der Waals surface area contributed by atoms with E-state index in [0.29, 0.717) is 19.3 Å². The van der Waals surface area contributed by atoms with Crippen molar-refractivity contribution in [2.24, 2.45) is 0 Å².